The minimum Gasteiger partial charge on any atom is -0.390 e. The number of rotatable bonds is 6. The monoisotopic (exact) mass is 352 g/mol. The molecule has 0 bridgehead atoms. The van der Waals surface area contributed by atoms with Crippen molar-refractivity contribution < 1.29 is 19.7 Å². The molecule has 2 N–H and O–H groups in total. The number of aromatic nitrogens is 2. The molecule has 1 aromatic rings. The summed E-state index contributed by atoms with van der Waals surface area (Å²) >= 11 is 0. The molecule has 1 fully saturated rings. The first-order chi connectivity index (χ1) is 12.0. The molecule has 8 nitrogen and oxygen atoms in total. The van der Waals surface area contributed by atoms with E-state index in [2.05, 4.69) is 10.00 Å². The summed E-state index contributed by atoms with van der Waals surface area (Å²) in [6.07, 6.45) is 2.08. The van der Waals surface area contributed by atoms with Crippen molar-refractivity contribution in [3.05, 3.63) is 17.0 Å². The van der Waals surface area contributed by atoms with Crippen LogP contribution in [0.15, 0.2) is 0 Å². The molecule has 2 aliphatic heterocycles. The molecule has 2 aliphatic rings. The van der Waals surface area contributed by atoms with E-state index in [4.69, 9.17) is 4.74 Å². The Morgan fingerprint density at radius 3 is 2.88 bits per heavy atom. The van der Waals surface area contributed by atoms with Crippen LogP contribution in [0.1, 0.15) is 29.8 Å². The van der Waals surface area contributed by atoms with Gasteiger partial charge >= 0.3 is 0 Å². The maximum atomic E-state index is 12.7. The highest BCUT2D eigenvalue weighted by molar-refractivity contribution is 5.86. The van der Waals surface area contributed by atoms with Gasteiger partial charge in [-0.15, -0.1) is 0 Å². The second kappa shape index (κ2) is 7.41. The minimum absolute atomic E-state index is 0.0923. The number of carbonyl (C=O) groups excluding carboxylic acids is 1. The van der Waals surface area contributed by atoms with E-state index in [9.17, 15) is 15.0 Å². The van der Waals surface area contributed by atoms with Gasteiger partial charge in [0.25, 0.3) is 5.91 Å². The fraction of sp³-hybridized carbons (Fsp3) is 0.765. The predicted molar refractivity (Wildman–Crippen MR) is 90.8 cm³/mol. The highest BCUT2D eigenvalue weighted by atomic mass is 16.5. The molecule has 0 radical (unpaired) electrons. The molecule has 0 aliphatic carbocycles. The summed E-state index contributed by atoms with van der Waals surface area (Å²) in [5, 5.41) is 24.9. The average molecular weight is 352 g/mol. The van der Waals surface area contributed by atoms with Crippen LogP contribution in [-0.2, 0) is 36.2 Å². The average Bonchev–Trinajstić information content (AvgIpc) is 2.92. The van der Waals surface area contributed by atoms with E-state index in [1.54, 1.807) is 12.0 Å². The third kappa shape index (κ3) is 3.57. The number of amides is 1. The Bertz CT molecular complexity index is 632. The van der Waals surface area contributed by atoms with Crippen LogP contribution in [0.5, 0.6) is 0 Å². The normalized spacial score (nSPS) is 24.6. The number of aryl methyl sites for hydroxylation is 1. The van der Waals surface area contributed by atoms with E-state index in [1.807, 2.05) is 11.7 Å². The number of hydrogen-bond donors (Lipinski definition) is 2. The van der Waals surface area contributed by atoms with Gasteiger partial charge in [0.1, 0.15) is 0 Å². The first-order valence-electron chi connectivity index (χ1n) is 8.86. The van der Waals surface area contributed by atoms with E-state index in [-0.39, 0.29) is 12.5 Å². The van der Waals surface area contributed by atoms with Crippen molar-refractivity contribution in [3.8, 4) is 0 Å². The van der Waals surface area contributed by atoms with Crippen molar-refractivity contribution in [1.29, 1.82) is 0 Å². The highest BCUT2D eigenvalue weighted by Crippen LogP contribution is 2.28. The molecular formula is C17H28N4O4. The van der Waals surface area contributed by atoms with E-state index in [0.717, 1.165) is 30.6 Å². The molecule has 140 valence electrons. The summed E-state index contributed by atoms with van der Waals surface area (Å²) in [4.78, 5) is 16.5. The Balaban J connectivity index is 1.70. The molecule has 25 heavy (non-hydrogen) atoms. The number of hydrogen-bond acceptors (Lipinski definition) is 6. The molecule has 1 aromatic heterocycles. The zero-order chi connectivity index (χ0) is 18.0. The van der Waals surface area contributed by atoms with Crippen molar-refractivity contribution in [3.63, 3.8) is 0 Å². The molecule has 0 aromatic carbocycles. The lowest BCUT2D eigenvalue weighted by molar-refractivity contribution is -0.160. The fourth-order valence-electron chi connectivity index (χ4n) is 3.98. The first-order valence-corrected chi connectivity index (χ1v) is 8.86. The second-order valence-corrected chi connectivity index (χ2v) is 7.03. The first kappa shape index (κ1) is 18.3. The van der Waals surface area contributed by atoms with Gasteiger partial charge in [-0.3, -0.25) is 14.4 Å². The summed E-state index contributed by atoms with van der Waals surface area (Å²) in [7, 11) is 3.50. The second-order valence-electron chi connectivity index (χ2n) is 7.03. The standard InChI is InChI=1S/C17H28N4O4/c1-19-15-4-7-20(10-13(15)14(11-22)18-19)12-17(24)5-3-6-21(16(17)23)8-9-25-2/h22,24H,3-12H2,1-2H3/t17-/m0/s1. The van der Waals surface area contributed by atoms with Crippen LogP contribution in [-0.4, -0.2) is 81.2 Å². The summed E-state index contributed by atoms with van der Waals surface area (Å²) in [6, 6.07) is 0. The maximum Gasteiger partial charge on any atom is 0.255 e. The number of aliphatic hydroxyl groups is 2. The molecule has 0 unspecified atom stereocenters. The van der Waals surface area contributed by atoms with E-state index >= 15 is 0 Å². The van der Waals surface area contributed by atoms with Crippen LogP contribution < -0.4 is 0 Å². The van der Waals surface area contributed by atoms with Gasteiger partial charge in [-0.25, -0.2) is 0 Å². The van der Waals surface area contributed by atoms with Gasteiger partial charge in [-0.1, -0.05) is 0 Å². The third-order valence-corrected chi connectivity index (χ3v) is 5.31. The lowest BCUT2D eigenvalue weighted by Gasteiger charge is -2.41. The van der Waals surface area contributed by atoms with Crippen LogP contribution >= 0.6 is 0 Å². The topological polar surface area (TPSA) is 91.1 Å². The van der Waals surface area contributed by atoms with Gasteiger partial charge < -0.3 is 19.8 Å². The van der Waals surface area contributed by atoms with Gasteiger partial charge in [0.2, 0.25) is 0 Å². The maximum absolute atomic E-state index is 12.7. The molecule has 3 heterocycles. The summed E-state index contributed by atoms with van der Waals surface area (Å²) in [5.74, 6) is -0.199. The van der Waals surface area contributed by atoms with Gasteiger partial charge in [0, 0.05) is 64.6 Å². The largest absolute Gasteiger partial charge is 0.390 e. The van der Waals surface area contributed by atoms with E-state index in [0.29, 0.717) is 44.9 Å². The molecule has 1 saturated heterocycles. The number of piperidine rings is 1. The summed E-state index contributed by atoms with van der Waals surface area (Å²) in [5.41, 5.74) is 1.50. The molecule has 1 atom stereocenters. The SMILES string of the molecule is COCCN1CCC[C@](O)(CN2CCc3c(c(CO)nn3C)C2)C1=O. The molecule has 0 spiro atoms. The summed E-state index contributed by atoms with van der Waals surface area (Å²) < 4.78 is 6.88. The van der Waals surface area contributed by atoms with Crippen LogP contribution in [0, 0.1) is 0 Å². The molecule has 3 rings (SSSR count). The lowest BCUT2D eigenvalue weighted by Crippen LogP contribution is -2.59. The van der Waals surface area contributed by atoms with Crippen molar-refractivity contribution in [2.45, 2.75) is 38.0 Å². The number of fused-ring (bicyclic) bond motifs is 1. The fourth-order valence-corrected chi connectivity index (χ4v) is 3.98. The quantitative estimate of drug-likeness (QED) is 0.702. The number of nitrogens with zero attached hydrogens (tertiary/aromatic N) is 4. The van der Waals surface area contributed by atoms with Crippen molar-refractivity contribution in [2.75, 3.05) is 39.9 Å². The Hall–Kier alpha value is -1.48. The highest BCUT2D eigenvalue weighted by Gasteiger charge is 2.43. The minimum atomic E-state index is -1.34. The number of carbonyl (C=O) groups is 1. The Labute approximate surface area is 148 Å². The molecule has 8 heteroatoms. The van der Waals surface area contributed by atoms with Crippen LogP contribution in [0.4, 0.5) is 0 Å². The van der Waals surface area contributed by atoms with Crippen molar-refractivity contribution in [2.24, 2.45) is 7.05 Å². The molecular weight excluding hydrogens is 324 g/mol. The lowest BCUT2D eigenvalue weighted by atomic mass is 9.90. The Kier molecular flexibility index (Phi) is 5.43. The van der Waals surface area contributed by atoms with Crippen molar-refractivity contribution >= 4 is 5.91 Å². The van der Waals surface area contributed by atoms with Crippen LogP contribution in [0.3, 0.4) is 0 Å². The van der Waals surface area contributed by atoms with E-state index < -0.39 is 5.60 Å². The molecule has 1 amide bonds. The molecule has 0 saturated carbocycles. The van der Waals surface area contributed by atoms with Crippen LogP contribution in [0.25, 0.3) is 0 Å². The number of β-amino-alcohol motifs (C(OH)–C–C–N with tert-alkyl or cyclic N) is 1. The number of likely N-dealkylation sites (tertiary alicyclic amines) is 1. The van der Waals surface area contributed by atoms with Crippen molar-refractivity contribution in [1.82, 2.24) is 19.6 Å². The zero-order valence-corrected chi connectivity index (χ0v) is 15.1. The third-order valence-electron chi connectivity index (χ3n) is 5.31. The Morgan fingerprint density at radius 2 is 2.16 bits per heavy atom. The van der Waals surface area contributed by atoms with Gasteiger partial charge in [0.05, 0.1) is 18.9 Å². The zero-order valence-electron chi connectivity index (χ0n) is 15.1. The predicted octanol–water partition coefficient (Wildman–Crippen LogP) is -0.730. The van der Waals surface area contributed by atoms with Crippen LogP contribution in [0.2, 0.25) is 0 Å². The smallest absolute Gasteiger partial charge is 0.255 e. The van der Waals surface area contributed by atoms with Gasteiger partial charge in [-0.2, -0.15) is 5.10 Å². The van der Waals surface area contributed by atoms with E-state index in [1.165, 1.54) is 0 Å². The summed E-state index contributed by atoms with van der Waals surface area (Å²) in [6.45, 7) is 3.26. The number of aliphatic hydroxyl groups excluding tert-OH is 1. The number of methoxy groups -OCH3 is 1. The number of ether oxygens (including phenoxy) is 1. The van der Waals surface area contributed by atoms with Gasteiger partial charge in [0.15, 0.2) is 5.60 Å². The Morgan fingerprint density at radius 1 is 1.36 bits per heavy atom. The van der Waals surface area contributed by atoms with Gasteiger partial charge in [-0.05, 0) is 12.8 Å².